The molecule has 3 aromatic rings. The average molecular weight is 457 g/mol. The predicted octanol–water partition coefficient (Wildman–Crippen LogP) is 4.50. The fraction of sp³-hybridized carbons (Fsp3) is 0.222. The van der Waals surface area contributed by atoms with Gasteiger partial charge in [0.05, 0.1) is 0 Å². The largest absolute Gasteiger partial charge is 0.329 e. The number of aryl methyl sites for hydroxylation is 3. The van der Waals surface area contributed by atoms with Crippen LogP contribution in [-0.2, 0) is 16.0 Å². The molecular formula is C27H28N4O3. The highest BCUT2D eigenvalue weighted by molar-refractivity contribution is 6.16. The fourth-order valence-corrected chi connectivity index (χ4v) is 4.06. The van der Waals surface area contributed by atoms with Crippen LogP contribution in [0.3, 0.4) is 0 Å². The normalized spacial score (nSPS) is 14.6. The highest BCUT2D eigenvalue weighted by atomic mass is 16.2. The Bertz CT molecular complexity index is 1280. The molecule has 174 valence electrons. The second-order valence-corrected chi connectivity index (χ2v) is 8.48. The van der Waals surface area contributed by atoms with E-state index in [0.29, 0.717) is 5.69 Å². The van der Waals surface area contributed by atoms with Crippen molar-refractivity contribution in [1.82, 2.24) is 14.8 Å². The third-order valence-electron chi connectivity index (χ3n) is 5.97. The minimum atomic E-state index is -0.612. The standard InChI is InChI=1S/C27H28N4O3/c1-5-20-8-12-23(13-9-20)31-18(3)14-21(19(31)4)15-24-26(33)30(27(34)29-24)16-25(32)28-22-10-6-17(2)7-11-22/h6-15H,5,16H2,1-4H3,(H,28,32)(H,29,34)/b24-15+. The summed E-state index contributed by atoms with van der Waals surface area (Å²) in [5.41, 5.74) is 6.91. The van der Waals surface area contributed by atoms with E-state index >= 15 is 0 Å². The smallest absolute Gasteiger partial charge is 0.325 e. The summed E-state index contributed by atoms with van der Waals surface area (Å²) < 4.78 is 2.11. The van der Waals surface area contributed by atoms with Crippen molar-refractivity contribution in [1.29, 1.82) is 0 Å². The average Bonchev–Trinajstić information content (AvgIpc) is 3.24. The molecule has 1 fully saturated rings. The van der Waals surface area contributed by atoms with Crippen molar-refractivity contribution in [3.05, 3.63) is 88.4 Å². The number of hydrogen-bond acceptors (Lipinski definition) is 3. The maximum atomic E-state index is 12.9. The van der Waals surface area contributed by atoms with Crippen LogP contribution in [0.4, 0.5) is 10.5 Å². The Balaban J connectivity index is 1.51. The van der Waals surface area contributed by atoms with Gasteiger partial charge in [-0.2, -0.15) is 0 Å². The number of carbonyl (C=O) groups is 3. The van der Waals surface area contributed by atoms with Crippen LogP contribution in [-0.4, -0.2) is 33.9 Å². The molecule has 0 bridgehead atoms. The molecule has 7 heteroatoms. The van der Waals surface area contributed by atoms with Gasteiger partial charge in [-0.25, -0.2) is 9.69 Å². The molecule has 7 nitrogen and oxygen atoms in total. The molecule has 2 heterocycles. The van der Waals surface area contributed by atoms with Crippen molar-refractivity contribution in [2.75, 3.05) is 11.9 Å². The molecule has 4 amide bonds. The van der Waals surface area contributed by atoms with Gasteiger partial charge in [-0.05, 0) is 74.7 Å². The molecule has 1 saturated heterocycles. The van der Waals surface area contributed by atoms with E-state index in [9.17, 15) is 14.4 Å². The first-order valence-electron chi connectivity index (χ1n) is 11.3. The van der Waals surface area contributed by atoms with Crippen molar-refractivity contribution in [2.45, 2.75) is 34.1 Å². The van der Waals surface area contributed by atoms with E-state index < -0.39 is 17.8 Å². The van der Waals surface area contributed by atoms with E-state index in [1.54, 1.807) is 18.2 Å². The molecule has 0 spiro atoms. The number of nitrogens with one attached hydrogen (secondary N) is 2. The summed E-state index contributed by atoms with van der Waals surface area (Å²) in [6, 6.07) is 17.0. The maximum absolute atomic E-state index is 12.9. The van der Waals surface area contributed by atoms with Crippen LogP contribution in [0.1, 0.15) is 35.0 Å². The van der Waals surface area contributed by atoms with Crippen LogP contribution in [0.25, 0.3) is 11.8 Å². The Morgan fingerprint density at radius 1 is 1.00 bits per heavy atom. The summed E-state index contributed by atoms with van der Waals surface area (Å²) >= 11 is 0. The Labute approximate surface area is 199 Å². The summed E-state index contributed by atoms with van der Waals surface area (Å²) in [7, 11) is 0. The lowest BCUT2D eigenvalue weighted by molar-refractivity contribution is -0.127. The molecule has 2 N–H and O–H groups in total. The first-order chi connectivity index (χ1) is 16.3. The van der Waals surface area contributed by atoms with Crippen LogP contribution in [0, 0.1) is 20.8 Å². The Hall–Kier alpha value is -4.13. The van der Waals surface area contributed by atoms with Gasteiger partial charge in [-0.15, -0.1) is 0 Å². The third-order valence-corrected chi connectivity index (χ3v) is 5.97. The van der Waals surface area contributed by atoms with Crippen LogP contribution in [0.15, 0.2) is 60.3 Å². The number of anilines is 1. The van der Waals surface area contributed by atoms with Gasteiger partial charge in [0.25, 0.3) is 5.91 Å². The zero-order valence-corrected chi connectivity index (χ0v) is 19.8. The Morgan fingerprint density at radius 2 is 1.68 bits per heavy atom. The van der Waals surface area contributed by atoms with Crippen molar-refractivity contribution < 1.29 is 14.4 Å². The molecule has 0 atom stereocenters. The van der Waals surface area contributed by atoms with Crippen molar-refractivity contribution in [3.8, 4) is 5.69 Å². The van der Waals surface area contributed by atoms with E-state index in [1.165, 1.54) is 5.56 Å². The topological polar surface area (TPSA) is 83.4 Å². The van der Waals surface area contributed by atoms with Crippen molar-refractivity contribution >= 4 is 29.6 Å². The van der Waals surface area contributed by atoms with E-state index in [2.05, 4.69) is 46.4 Å². The van der Waals surface area contributed by atoms with Gasteiger partial charge in [0.15, 0.2) is 0 Å². The minimum absolute atomic E-state index is 0.148. The molecule has 34 heavy (non-hydrogen) atoms. The van der Waals surface area contributed by atoms with Crippen LogP contribution >= 0.6 is 0 Å². The number of rotatable bonds is 6. The van der Waals surface area contributed by atoms with Gasteiger partial charge in [0.2, 0.25) is 5.91 Å². The van der Waals surface area contributed by atoms with E-state index in [0.717, 1.165) is 39.5 Å². The molecular weight excluding hydrogens is 428 g/mol. The van der Waals surface area contributed by atoms with E-state index in [4.69, 9.17) is 0 Å². The van der Waals surface area contributed by atoms with Gasteiger partial charge in [-0.3, -0.25) is 9.59 Å². The highest BCUT2D eigenvalue weighted by Crippen LogP contribution is 2.24. The molecule has 0 unspecified atom stereocenters. The number of aromatic nitrogens is 1. The molecule has 2 aromatic carbocycles. The lowest BCUT2D eigenvalue weighted by atomic mass is 10.1. The SMILES string of the molecule is CCc1ccc(-n2c(C)cc(/C=C3/NC(=O)N(CC(=O)Nc4ccc(C)cc4)C3=O)c2C)cc1. The summed E-state index contributed by atoms with van der Waals surface area (Å²) in [6.45, 7) is 7.68. The molecule has 1 aromatic heterocycles. The van der Waals surface area contributed by atoms with Crippen molar-refractivity contribution in [2.24, 2.45) is 0 Å². The number of benzene rings is 2. The second-order valence-electron chi connectivity index (χ2n) is 8.48. The van der Waals surface area contributed by atoms with Gasteiger partial charge in [-0.1, -0.05) is 36.8 Å². The van der Waals surface area contributed by atoms with E-state index in [1.807, 2.05) is 39.0 Å². The van der Waals surface area contributed by atoms with Crippen molar-refractivity contribution in [3.63, 3.8) is 0 Å². The molecule has 1 aliphatic heterocycles. The second kappa shape index (κ2) is 9.39. The molecule has 0 radical (unpaired) electrons. The number of hydrogen-bond donors (Lipinski definition) is 2. The summed E-state index contributed by atoms with van der Waals surface area (Å²) in [6.07, 6.45) is 2.64. The Morgan fingerprint density at radius 3 is 2.32 bits per heavy atom. The van der Waals surface area contributed by atoms with Crippen LogP contribution in [0.2, 0.25) is 0 Å². The fourth-order valence-electron chi connectivity index (χ4n) is 4.06. The predicted molar refractivity (Wildman–Crippen MR) is 133 cm³/mol. The molecule has 4 rings (SSSR count). The van der Waals surface area contributed by atoms with Crippen LogP contribution < -0.4 is 10.6 Å². The summed E-state index contributed by atoms with van der Waals surface area (Å²) in [4.78, 5) is 38.6. The molecule has 0 saturated carbocycles. The number of nitrogens with zero attached hydrogens (tertiary/aromatic N) is 2. The Kier molecular flexibility index (Phi) is 6.36. The summed E-state index contributed by atoms with van der Waals surface area (Å²) in [5, 5.41) is 5.31. The lowest BCUT2D eigenvalue weighted by Crippen LogP contribution is -2.38. The molecule has 0 aliphatic carbocycles. The quantitative estimate of drug-likeness (QED) is 0.423. The lowest BCUT2D eigenvalue weighted by Gasteiger charge is -2.12. The number of urea groups is 1. The van der Waals surface area contributed by atoms with Gasteiger partial charge in [0.1, 0.15) is 12.2 Å². The first-order valence-corrected chi connectivity index (χ1v) is 11.3. The monoisotopic (exact) mass is 456 g/mol. The number of imide groups is 1. The zero-order valence-electron chi connectivity index (χ0n) is 19.8. The third kappa shape index (κ3) is 4.64. The highest BCUT2D eigenvalue weighted by Gasteiger charge is 2.35. The van der Waals surface area contributed by atoms with Crippen LogP contribution in [0.5, 0.6) is 0 Å². The number of carbonyl (C=O) groups excluding carboxylic acids is 3. The maximum Gasteiger partial charge on any atom is 0.329 e. The number of amides is 4. The van der Waals surface area contributed by atoms with Gasteiger partial charge in [0, 0.05) is 22.8 Å². The first kappa shape index (κ1) is 23.0. The zero-order chi connectivity index (χ0) is 24.4. The minimum Gasteiger partial charge on any atom is -0.325 e. The molecule has 1 aliphatic rings. The van der Waals surface area contributed by atoms with Gasteiger partial charge < -0.3 is 15.2 Å². The van der Waals surface area contributed by atoms with E-state index in [-0.39, 0.29) is 12.2 Å². The van der Waals surface area contributed by atoms with Gasteiger partial charge >= 0.3 is 6.03 Å². The summed E-state index contributed by atoms with van der Waals surface area (Å²) in [5.74, 6) is -0.969.